The van der Waals surface area contributed by atoms with E-state index in [9.17, 15) is 9.59 Å². The van der Waals surface area contributed by atoms with Crippen LogP contribution < -0.4 is 0 Å². The second kappa shape index (κ2) is 18.6. The van der Waals surface area contributed by atoms with Crippen molar-refractivity contribution in [3.05, 3.63) is 35.9 Å². The van der Waals surface area contributed by atoms with Crippen LogP contribution in [0.3, 0.4) is 0 Å². The van der Waals surface area contributed by atoms with Crippen molar-refractivity contribution in [2.45, 2.75) is 111 Å². The minimum Gasteiger partial charge on any atom is -0.465 e. The number of esters is 2. The van der Waals surface area contributed by atoms with Crippen LogP contribution in [0.25, 0.3) is 0 Å². The van der Waals surface area contributed by atoms with Gasteiger partial charge in [0.25, 0.3) is 0 Å². The molecule has 0 aliphatic heterocycles. The summed E-state index contributed by atoms with van der Waals surface area (Å²) in [5, 5.41) is 0. The molecule has 0 fully saturated rings. The fourth-order valence-electron chi connectivity index (χ4n) is 3.89. The van der Waals surface area contributed by atoms with Gasteiger partial charge in [-0.2, -0.15) is 0 Å². The van der Waals surface area contributed by atoms with Crippen LogP contribution in [0.4, 0.5) is 0 Å². The molecule has 188 valence electrons. The summed E-state index contributed by atoms with van der Waals surface area (Å²) in [6.45, 7) is 9.28. The summed E-state index contributed by atoms with van der Waals surface area (Å²) in [5.74, 6) is 1.28. The highest BCUT2D eigenvalue weighted by Gasteiger charge is 2.12. The topological polar surface area (TPSA) is 52.6 Å². The molecular formula is C29H48O4. The number of carbonyl (C=O) groups excluding carboxylic acids is 2. The molecular weight excluding hydrogens is 412 g/mol. The van der Waals surface area contributed by atoms with E-state index in [2.05, 4.69) is 58.0 Å². The predicted octanol–water partition coefficient (Wildman–Crippen LogP) is 7.85. The quantitative estimate of drug-likeness (QED) is 0.156. The minimum absolute atomic E-state index is 0.0564. The number of hydrogen-bond donors (Lipinski definition) is 0. The Kier molecular flexibility index (Phi) is 16.4. The Morgan fingerprint density at radius 1 is 0.636 bits per heavy atom. The first-order valence-corrected chi connectivity index (χ1v) is 13.2. The predicted molar refractivity (Wildman–Crippen MR) is 136 cm³/mol. The maximum atomic E-state index is 11.7. The fourth-order valence-corrected chi connectivity index (χ4v) is 3.89. The highest BCUT2D eigenvalue weighted by molar-refractivity contribution is 5.69. The smallest absolute Gasteiger partial charge is 0.305 e. The van der Waals surface area contributed by atoms with E-state index in [-0.39, 0.29) is 11.9 Å². The molecule has 1 aromatic carbocycles. The fraction of sp³-hybridized carbons (Fsp3) is 0.724. The van der Waals surface area contributed by atoms with E-state index in [1.807, 2.05) is 0 Å². The zero-order valence-corrected chi connectivity index (χ0v) is 21.7. The van der Waals surface area contributed by atoms with Crippen molar-refractivity contribution < 1.29 is 19.1 Å². The molecule has 0 radical (unpaired) electrons. The van der Waals surface area contributed by atoms with Crippen LogP contribution in [0.15, 0.2) is 30.3 Å². The van der Waals surface area contributed by atoms with Gasteiger partial charge in [-0.1, -0.05) is 96.6 Å². The Hall–Kier alpha value is -1.84. The minimum atomic E-state index is -0.0564. The van der Waals surface area contributed by atoms with E-state index in [1.54, 1.807) is 0 Å². The Labute approximate surface area is 202 Å². The molecule has 0 N–H and O–H groups in total. The van der Waals surface area contributed by atoms with Crippen LogP contribution >= 0.6 is 0 Å². The van der Waals surface area contributed by atoms with E-state index in [0.29, 0.717) is 43.8 Å². The molecule has 0 bridgehead atoms. The standard InChI is InChI=1S/C29H48O4/c1-24(2)22-32-28(30)20-14-7-5-10-16-26(27-18-12-9-13-19-27)17-11-6-8-15-21-29(31)33-23-25(3)4/h9,12-13,18-19,24-26H,5-8,10-11,14-17,20-23H2,1-4H3. The van der Waals surface area contributed by atoms with Gasteiger partial charge in [-0.05, 0) is 49.0 Å². The van der Waals surface area contributed by atoms with Crippen molar-refractivity contribution in [3.8, 4) is 0 Å². The van der Waals surface area contributed by atoms with E-state index < -0.39 is 0 Å². The van der Waals surface area contributed by atoms with Gasteiger partial charge in [0.15, 0.2) is 0 Å². The first kappa shape index (κ1) is 29.2. The molecule has 0 saturated carbocycles. The number of carbonyl (C=O) groups is 2. The van der Waals surface area contributed by atoms with Crippen LogP contribution in [-0.2, 0) is 19.1 Å². The summed E-state index contributed by atoms with van der Waals surface area (Å²) in [6, 6.07) is 10.8. The van der Waals surface area contributed by atoms with Gasteiger partial charge in [-0.3, -0.25) is 9.59 Å². The van der Waals surface area contributed by atoms with E-state index in [1.165, 1.54) is 44.1 Å². The van der Waals surface area contributed by atoms with Crippen molar-refractivity contribution >= 4 is 11.9 Å². The summed E-state index contributed by atoms with van der Waals surface area (Å²) >= 11 is 0. The molecule has 1 rings (SSSR count). The Morgan fingerprint density at radius 2 is 1.06 bits per heavy atom. The first-order chi connectivity index (χ1) is 15.9. The van der Waals surface area contributed by atoms with Gasteiger partial charge < -0.3 is 9.47 Å². The molecule has 33 heavy (non-hydrogen) atoms. The normalized spacial score (nSPS) is 11.4. The highest BCUT2D eigenvalue weighted by Crippen LogP contribution is 2.28. The van der Waals surface area contributed by atoms with Gasteiger partial charge in [0.1, 0.15) is 0 Å². The maximum absolute atomic E-state index is 11.7. The zero-order valence-electron chi connectivity index (χ0n) is 21.7. The van der Waals surface area contributed by atoms with Crippen LogP contribution in [0.5, 0.6) is 0 Å². The molecule has 4 heteroatoms. The average Bonchev–Trinajstić information content (AvgIpc) is 2.79. The Morgan fingerprint density at radius 3 is 1.48 bits per heavy atom. The first-order valence-electron chi connectivity index (χ1n) is 13.2. The molecule has 0 saturated heterocycles. The molecule has 4 nitrogen and oxygen atoms in total. The molecule has 1 aromatic rings. The Balaban J connectivity index is 2.22. The molecule has 0 atom stereocenters. The van der Waals surface area contributed by atoms with Gasteiger partial charge in [0.2, 0.25) is 0 Å². The third-order valence-electron chi connectivity index (χ3n) is 5.79. The lowest BCUT2D eigenvalue weighted by Gasteiger charge is -2.17. The van der Waals surface area contributed by atoms with Crippen LogP contribution in [0.2, 0.25) is 0 Å². The summed E-state index contributed by atoms with van der Waals surface area (Å²) in [5.41, 5.74) is 1.44. The van der Waals surface area contributed by atoms with Crippen LogP contribution in [0, 0.1) is 11.8 Å². The number of benzene rings is 1. The summed E-state index contributed by atoms with van der Waals surface area (Å²) < 4.78 is 10.5. The summed E-state index contributed by atoms with van der Waals surface area (Å²) in [4.78, 5) is 23.4. The number of hydrogen-bond acceptors (Lipinski definition) is 4. The SMILES string of the molecule is CC(C)COC(=O)CCCCCCC(CCCCCCC(=O)OCC(C)C)c1ccccc1. The molecule has 0 amide bonds. The third kappa shape index (κ3) is 16.4. The summed E-state index contributed by atoms with van der Waals surface area (Å²) in [7, 11) is 0. The molecule has 0 aliphatic rings. The van der Waals surface area contributed by atoms with E-state index in [4.69, 9.17) is 9.47 Å². The van der Waals surface area contributed by atoms with Crippen LogP contribution in [-0.4, -0.2) is 25.2 Å². The van der Waals surface area contributed by atoms with Crippen molar-refractivity contribution in [1.29, 1.82) is 0 Å². The van der Waals surface area contributed by atoms with Crippen molar-refractivity contribution in [2.24, 2.45) is 11.8 Å². The van der Waals surface area contributed by atoms with Crippen LogP contribution in [0.1, 0.15) is 116 Å². The summed E-state index contributed by atoms with van der Waals surface area (Å²) in [6.07, 6.45) is 12.2. The lowest BCUT2D eigenvalue weighted by molar-refractivity contribution is -0.145. The maximum Gasteiger partial charge on any atom is 0.305 e. The van der Waals surface area contributed by atoms with Crippen molar-refractivity contribution in [1.82, 2.24) is 0 Å². The average molecular weight is 461 g/mol. The monoisotopic (exact) mass is 460 g/mol. The molecule has 0 aliphatic carbocycles. The zero-order chi connectivity index (χ0) is 24.3. The van der Waals surface area contributed by atoms with Gasteiger partial charge in [-0.15, -0.1) is 0 Å². The van der Waals surface area contributed by atoms with E-state index >= 15 is 0 Å². The van der Waals surface area contributed by atoms with Gasteiger partial charge >= 0.3 is 11.9 Å². The number of unbranched alkanes of at least 4 members (excludes halogenated alkanes) is 6. The third-order valence-corrected chi connectivity index (χ3v) is 5.79. The molecule has 0 heterocycles. The molecule has 0 unspecified atom stereocenters. The van der Waals surface area contributed by atoms with Crippen molar-refractivity contribution in [2.75, 3.05) is 13.2 Å². The molecule has 0 aromatic heterocycles. The van der Waals surface area contributed by atoms with E-state index in [0.717, 1.165) is 25.7 Å². The van der Waals surface area contributed by atoms with Gasteiger partial charge in [-0.25, -0.2) is 0 Å². The lowest BCUT2D eigenvalue weighted by atomic mass is 9.88. The second-order valence-corrected chi connectivity index (χ2v) is 10.2. The Bertz CT molecular complexity index is 588. The number of rotatable bonds is 19. The number of ether oxygens (including phenoxy) is 2. The largest absolute Gasteiger partial charge is 0.465 e. The second-order valence-electron chi connectivity index (χ2n) is 10.2. The van der Waals surface area contributed by atoms with Crippen molar-refractivity contribution in [3.63, 3.8) is 0 Å². The van der Waals surface area contributed by atoms with Gasteiger partial charge in [0, 0.05) is 12.8 Å². The highest BCUT2D eigenvalue weighted by atomic mass is 16.5. The molecule has 0 spiro atoms. The lowest BCUT2D eigenvalue weighted by Crippen LogP contribution is -2.09. The van der Waals surface area contributed by atoms with Gasteiger partial charge in [0.05, 0.1) is 13.2 Å².